The summed E-state index contributed by atoms with van der Waals surface area (Å²) in [7, 11) is 0. The summed E-state index contributed by atoms with van der Waals surface area (Å²) in [5.74, 6) is -2.33. The van der Waals surface area contributed by atoms with Crippen LogP contribution in [0.15, 0.2) is 0 Å². The summed E-state index contributed by atoms with van der Waals surface area (Å²) in [5.41, 5.74) is 0. The van der Waals surface area contributed by atoms with Gasteiger partial charge in [0, 0.05) is 6.92 Å². The average molecular weight is 136 g/mol. The third-order valence-corrected chi connectivity index (χ3v) is 0. The highest BCUT2D eigenvalue weighted by atomic mass is 16.5. The summed E-state index contributed by atoms with van der Waals surface area (Å²) in [6.45, 7) is 3.68. The van der Waals surface area contributed by atoms with Crippen LogP contribution in [-0.4, -0.2) is 27.1 Å². The molecule has 0 fully saturated rings. The van der Waals surface area contributed by atoms with Gasteiger partial charge in [0.05, 0.1) is 0 Å². The van der Waals surface area contributed by atoms with E-state index in [1.54, 1.807) is 0 Å². The fraction of sp³-hybridized carbons (Fsp3) is 0.800. The molecule has 0 spiro atoms. The SMILES string of the molecule is CC(=O)O.CC(C)(O)O. The minimum atomic E-state index is -1.50. The van der Waals surface area contributed by atoms with Crippen molar-refractivity contribution >= 4 is 5.97 Å². The first-order valence-electron chi connectivity index (χ1n) is 2.37. The molecule has 4 heteroatoms. The molecule has 0 aromatic rings. The first-order valence-corrected chi connectivity index (χ1v) is 2.37. The highest BCUT2D eigenvalue weighted by Gasteiger charge is 2.00. The second-order valence-electron chi connectivity index (χ2n) is 2.01. The largest absolute Gasteiger partial charge is 0.481 e. The molecular weight excluding hydrogens is 124 g/mol. The Morgan fingerprint density at radius 2 is 1.33 bits per heavy atom. The number of aliphatic hydroxyl groups is 2. The van der Waals surface area contributed by atoms with E-state index >= 15 is 0 Å². The third kappa shape index (κ3) is 577. The molecule has 0 unspecified atom stereocenters. The van der Waals surface area contributed by atoms with E-state index in [-0.39, 0.29) is 0 Å². The quantitative estimate of drug-likeness (QED) is 0.403. The second kappa shape index (κ2) is 4.29. The molecule has 0 aliphatic carbocycles. The van der Waals surface area contributed by atoms with E-state index in [2.05, 4.69) is 0 Å². The van der Waals surface area contributed by atoms with Gasteiger partial charge in [0.15, 0.2) is 5.79 Å². The number of hydrogen-bond donors (Lipinski definition) is 3. The monoisotopic (exact) mass is 136 g/mol. The number of aliphatic carboxylic acids is 1. The maximum Gasteiger partial charge on any atom is 0.300 e. The molecule has 0 aliphatic heterocycles. The van der Waals surface area contributed by atoms with Gasteiger partial charge >= 0.3 is 0 Å². The van der Waals surface area contributed by atoms with Crippen LogP contribution in [0.1, 0.15) is 20.8 Å². The third-order valence-electron chi connectivity index (χ3n) is 0. The molecule has 0 aliphatic rings. The fourth-order valence-electron chi connectivity index (χ4n) is 0. The van der Waals surface area contributed by atoms with Crippen molar-refractivity contribution in [3.05, 3.63) is 0 Å². The van der Waals surface area contributed by atoms with E-state index in [0.717, 1.165) is 6.92 Å². The van der Waals surface area contributed by atoms with Crippen molar-refractivity contribution < 1.29 is 20.1 Å². The van der Waals surface area contributed by atoms with Crippen molar-refractivity contribution in [2.45, 2.75) is 26.6 Å². The first-order chi connectivity index (χ1) is 3.73. The van der Waals surface area contributed by atoms with E-state index < -0.39 is 11.8 Å². The molecule has 0 aromatic carbocycles. The van der Waals surface area contributed by atoms with Crippen molar-refractivity contribution in [2.75, 3.05) is 0 Å². The van der Waals surface area contributed by atoms with Gasteiger partial charge in [0.25, 0.3) is 5.97 Å². The molecule has 0 atom stereocenters. The Morgan fingerprint density at radius 3 is 1.33 bits per heavy atom. The van der Waals surface area contributed by atoms with Gasteiger partial charge in [-0.05, 0) is 13.8 Å². The molecule has 4 nitrogen and oxygen atoms in total. The summed E-state index contributed by atoms with van der Waals surface area (Å²) < 4.78 is 0. The smallest absolute Gasteiger partial charge is 0.300 e. The molecule has 0 rings (SSSR count). The van der Waals surface area contributed by atoms with E-state index in [0.29, 0.717) is 0 Å². The maximum absolute atomic E-state index is 9.00. The van der Waals surface area contributed by atoms with Gasteiger partial charge in [-0.15, -0.1) is 0 Å². The van der Waals surface area contributed by atoms with Crippen LogP contribution in [0.5, 0.6) is 0 Å². The molecule has 56 valence electrons. The normalized spacial score (nSPS) is 9.44. The summed E-state index contributed by atoms with van der Waals surface area (Å²) in [4.78, 5) is 9.00. The van der Waals surface area contributed by atoms with Gasteiger partial charge in [0.2, 0.25) is 0 Å². The number of carboxylic acids is 1. The zero-order valence-electron chi connectivity index (χ0n) is 5.75. The molecule has 3 N–H and O–H groups in total. The highest BCUT2D eigenvalue weighted by Crippen LogP contribution is 1.88. The van der Waals surface area contributed by atoms with Crippen molar-refractivity contribution in [3.63, 3.8) is 0 Å². The summed E-state index contributed by atoms with van der Waals surface area (Å²) in [5, 5.41) is 23.6. The molecule has 9 heavy (non-hydrogen) atoms. The predicted octanol–water partition coefficient (Wildman–Crippen LogP) is -0.202. The van der Waals surface area contributed by atoms with Crippen LogP contribution in [-0.2, 0) is 4.79 Å². The molecule has 0 saturated carbocycles. The van der Waals surface area contributed by atoms with Gasteiger partial charge < -0.3 is 15.3 Å². The van der Waals surface area contributed by atoms with Gasteiger partial charge in [0.1, 0.15) is 0 Å². The summed E-state index contributed by atoms with van der Waals surface area (Å²) >= 11 is 0. The minimum Gasteiger partial charge on any atom is -0.481 e. The van der Waals surface area contributed by atoms with Gasteiger partial charge in [-0.25, -0.2) is 0 Å². The van der Waals surface area contributed by atoms with E-state index in [1.165, 1.54) is 13.8 Å². The van der Waals surface area contributed by atoms with Crippen LogP contribution < -0.4 is 0 Å². The second-order valence-corrected chi connectivity index (χ2v) is 2.01. The fourth-order valence-corrected chi connectivity index (χ4v) is 0. The molecule has 0 bridgehead atoms. The molecule has 0 radical (unpaired) electrons. The molecule has 0 heterocycles. The van der Waals surface area contributed by atoms with Crippen molar-refractivity contribution in [1.82, 2.24) is 0 Å². The number of carbonyl (C=O) groups is 1. The van der Waals surface area contributed by atoms with E-state index in [4.69, 9.17) is 20.1 Å². The first kappa shape index (κ1) is 11.2. The lowest BCUT2D eigenvalue weighted by Crippen LogP contribution is -2.15. The predicted molar refractivity (Wildman–Crippen MR) is 31.8 cm³/mol. The van der Waals surface area contributed by atoms with Crippen LogP contribution in [0.4, 0.5) is 0 Å². The molecule has 0 aromatic heterocycles. The standard InChI is InChI=1S/C3H8O2.C2H4O2/c1-3(2,4)5;1-2(3)4/h4-5H,1-2H3;1H3,(H,3,4). The van der Waals surface area contributed by atoms with Gasteiger partial charge in [-0.1, -0.05) is 0 Å². The van der Waals surface area contributed by atoms with E-state index in [1.807, 2.05) is 0 Å². The van der Waals surface area contributed by atoms with Crippen LogP contribution >= 0.6 is 0 Å². The van der Waals surface area contributed by atoms with Crippen molar-refractivity contribution in [1.29, 1.82) is 0 Å². The van der Waals surface area contributed by atoms with Crippen molar-refractivity contribution in [3.8, 4) is 0 Å². The lowest BCUT2D eigenvalue weighted by Gasteiger charge is -2.03. The lowest BCUT2D eigenvalue weighted by atomic mass is 10.4. The van der Waals surface area contributed by atoms with Crippen molar-refractivity contribution in [2.24, 2.45) is 0 Å². The van der Waals surface area contributed by atoms with E-state index in [9.17, 15) is 0 Å². The molecule has 0 amide bonds. The minimum absolute atomic E-state index is 0.833. The van der Waals surface area contributed by atoms with Gasteiger partial charge in [-0.2, -0.15) is 0 Å². The topological polar surface area (TPSA) is 77.8 Å². The number of carboxylic acid groups (broad SMARTS) is 1. The Balaban J connectivity index is 0. The van der Waals surface area contributed by atoms with Gasteiger partial charge in [-0.3, -0.25) is 4.79 Å². The van der Waals surface area contributed by atoms with Crippen LogP contribution in [0.25, 0.3) is 0 Å². The summed E-state index contributed by atoms with van der Waals surface area (Å²) in [6.07, 6.45) is 0. The van der Waals surface area contributed by atoms with Crippen LogP contribution in [0.2, 0.25) is 0 Å². The Hall–Kier alpha value is -0.610. The average Bonchev–Trinajstić information content (AvgIpc) is 1.19. The Bertz CT molecular complexity index is 71.4. The number of rotatable bonds is 0. The zero-order valence-corrected chi connectivity index (χ0v) is 5.75. The lowest BCUT2D eigenvalue weighted by molar-refractivity contribution is -0.134. The molecular formula is C5H12O4. The Labute approximate surface area is 53.7 Å². The van der Waals surface area contributed by atoms with Crippen LogP contribution in [0.3, 0.4) is 0 Å². The Morgan fingerprint density at radius 1 is 1.33 bits per heavy atom. The molecule has 0 saturated heterocycles. The highest BCUT2D eigenvalue weighted by molar-refractivity contribution is 5.62. The summed E-state index contributed by atoms with van der Waals surface area (Å²) in [6, 6.07) is 0. The number of hydrogen-bond acceptors (Lipinski definition) is 3. The zero-order chi connectivity index (χ0) is 8.08. The maximum atomic E-state index is 9.00. The Kier molecular flexibility index (Phi) is 5.34. The van der Waals surface area contributed by atoms with Crippen LogP contribution in [0, 0.1) is 0 Å².